The Balaban J connectivity index is 2.07. The Hall–Kier alpha value is -2.94. The molecule has 9 nitrogen and oxygen atoms in total. The van der Waals surface area contributed by atoms with Crippen LogP contribution < -0.4 is 10.6 Å². The molecule has 1 aliphatic rings. The molecule has 32 heavy (non-hydrogen) atoms. The number of amides is 3. The average molecular weight is 447 g/mol. The Bertz CT molecular complexity index is 801. The quantitative estimate of drug-likeness (QED) is 0.459. The number of aliphatic carboxylic acids is 1. The first-order valence-corrected chi connectivity index (χ1v) is 11.0. The monoisotopic (exact) mass is 446 g/mol. The Morgan fingerprint density at radius 1 is 1.22 bits per heavy atom. The van der Waals surface area contributed by atoms with Crippen LogP contribution >= 0.6 is 0 Å². The molecule has 1 heterocycles. The van der Waals surface area contributed by atoms with E-state index in [0.717, 1.165) is 18.4 Å². The first kappa shape index (κ1) is 25.3. The van der Waals surface area contributed by atoms with Crippen LogP contribution in [0.25, 0.3) is 0 Å². The van der Waals surface area contributed by atoms with Gasteiger partial charge in [0.25, 0.3) is 0 Å². The number of carbonyl (C=O) groups is 4. The standard InChI is InChI=1S/C23H34N4O5/c1-16(24-3)22(31)25-20(14-21(29)30)23(32)27-12-7-10-19(27)15-26(17(2)28)13-11-18-8-5-4-6-9-18/h4-6,8-9,16,19-20,24H,7,10-15H2,1-3H3,(H,25,31)(H,29,30)/t16-,19-,20-/m0/s1. The number of nitrogens with one attached hydrogen (secondary N) is 2. The number of hydrogen-bond acceptors (Lipinski definition) is 5. The van der Waals surface area contributed by atoms with Gasteiger partial charge in [0.2, 0.25) is 17.7 Å². The molecule has 3 atom stereocenters. The zero-order valence-electron chi connectivity index (χ0n) is 19.0. The van der Waals surface area contributed by atoms with Crippen LogP contribution in [0.2, 0.25) is 0 Å². The van der Waals surface area contributed by atoms with Gasteiger partial charge in [-0.25, -0.2) is 0 Å². The van der Waals surface area contributed by atoms with Crippen molar-refractivity contribution in [3.63, 3.8) is 0 Å². The highest BCUT2D eigenvalue weighted by Gasteiger charge is 2.36. The minimum absolute atomic E-state index is 0.0709. The third-order valence-electron chi connectivity index (χ3n) is 5.87. The molecule has 0 saturated carbocycles. The van der Waals surface area contributed by atoms with Gasteiger partial charge < -0.3 is 25.5 Å². The van der Waals surface area contributed by atoms with E-state index in [2.05, 4.69) is 10.6 Å². The second-order valence-corrected chi connectivity index (χ2v) is 8.20. The summed E-state index contributed by atoms with van der Waals surface area (Å²) in [5.41, 5.74) is 1.13. The molecular formula is C23H34N4O5. The van der Waals surface area contributed by atoms with Gasteiger partial charge in [0.1, 0.15) is 6.04 Å². The molecule has 0 radical (unpaired) electrons. The summed E-state index contributed by atoms with van der Waals surface area (Å²) < 4.78 is 0. The zero-order valence-corrected chi connectivity index (χ0v) is 19.0. The van der Waals surface area contributed by atoms with Crippen LogP contribution in [0.1, 0.15) is 38.7 Å². The summed E-state index contributed by atoms with van der Waals surface area (Å²) >= 11 is 0. The fourth-order valence-corrected chi connectivity index (χ4v) is 3.86. The van der Waals surface area contributed by atoms with E-state index in [-0.39, 0.29) is 11.9 Å². The maximum Gasteiger partial charge on any atom is 0.305 e. The highest BCUT2D eigenvalue weighted by Crippen LogP contribution is 2.20. The van der Waals surface area contributed by atoms with Crippen molar-refractivity contribution in [3.05, 3.63) is 35.9 Å². The minimum atomic E-state index is -1.16. The van der Waals surface area contributed by atoms with E-state index in [1.54, 1.807) is 23.8 Å². The third-order valence-corrected chi connectivity index (χ3v) is 5.87. The normalized spacial score (nSPS) is 17.5. The third kappa shape index (κ3) is 7.33. The Kier molecular flexibility index (Phi) is 9.64. The number of carbonyl (C=O) groups excluding carboxylic acids is 3. The molecule has 2 rings (SSSR count). The van der Waals surface area contributed by atoms with Crippen LogP contribution in [0.5, 0.6) is 0 Å². The van der Waals surface area contributed by atoms with Gasteiger partial charge >= 0.3 is 5.97 Å². The van der Waals surface area contributed by atoms with Crippen LogP contribution in [0.4, 0.5) is 0 Å². The van der Waals surface area contributed by atoms with E-state index < -0.39 is 36.3 Å². The van der Waals surface area contributed by atoms with E-state index in [0.29, 0.717) is 26.1 Å². The molecule has 0 bridgehead atoms. The smallest absolute Gasteiger partial charge is 0.305 e. The molecule has 176 valence electrons. The van der Waals surface area contributed by atoms with Gasteiger partial charge in [0.15, 0.2) is 0 Å². The van der Waals surface area contributed by atoms with Crippen LogP contribution in [0.15, 0.2) is 30.3 Å². The van der Waals surface area contributed by atoms with Crippen molar-refractivity contribution >= 4 is 23.7 Å². The van der Waals surface area contributed by atoms with Gasteiger partial charge in [-0.15, -0.1) is 0 Å². The minimum Gasteiger partial charge on any atom is -0.481 e. The molecule has 1 saturated heterocycles. The number of likely N-dealkylation sites (tertiary alicyclic amines) is 1. The van der Waals surface area contributed by atoms with Crippen molar-refractivity contribution in [2.45, 2.75) is 57.7 Å². The van der Waals surface area contributed by atoms with Crippen molar-refractivity contribution in [3.8, 4) is 0 Å². The van der Waals surface area contributed by atoms with Crippen LogP contribution in [-0.2, 0) is 25.6 Å². The molecule has 3 amide bonds. The summed E-state index contributed by atoms with van der Waals surface area (Å²) in [5, 5.41) is 14.6. The number of carboxylic acids is 1. The van der Waals surface area contributed by atoms with E-state index in [1.165, 1.54) is 6.92 Å². The van der Waals surface area contributed by atoms with Gasteiger partial charge in [-0.2, -0.15) is 0 Å². The van der Waals surface area contributed by atoms with Crippen molar-refractivity contribution in [2.75, 3.05) is 26.7 Å². The summed E-state index contributed by atoms with van der Waals surface area (Å²) in [5.74, 6) is -2.09. The number of likely N-dealkylation sites (N-methyl/N-ethyl adjacent to an activating group) is 1. The second-order valence-electron chi connectivity index (χ2n) is 8.20. The first-order chi connectivity index (χ1) is 15.2. The molecule has 9 heteroatoms. The van der Waals surface area contributed by atoms with Crippen LogP contribution in [-0.4, -0.2) is 83.4 Å². The second kappa shape index (κ2) is 12.2. The molecule has 0 aliphatic carbocycles. The molecule has 0 aromatic heterocycles. The van der Waals surface area contributed by atoms with E-state index in [9.17, 15) is 24.3 Å². The first-order valence-electron chi connectivity index (χ1n) is 11.0. The van der Waals surface area contributed by atoms with Crippen molar-refractivity contribution in [1.82, 2.24) is 20.4 Å². The van der Waals surface area contributed by atoms with Gasteiger partial charge in [0, 0.05) is 32.6 Å². The van der Waals surface area contributed by atoms with Gasteiger partial charge in [-0.05, 0) is 38.8 Å². The Morgan fingerprint density at radius 3 is 2.50 bits per heavy atom. The lowest BCUT2D eigenvalue weighted by molar-refractivity contribution is -0.144. The Labute approximate surface area is 189 Å². The molecule has 1 aromatic rings. The number of carboxylic acid groups (broad SMARTS) is 1. The summed E-state index contributed by atoms with van der Waals surface area (Å²) in [6.45, 7) is 4.54. The SMILES string of the molecule is CN[C@@H](C)C(=O)N[C@@H](CC(=O)O)C(=O)N1CCC[C@H]1CN(CCc1ccccc1)C(C)=O. The maximum absolute atomic E-state index is 13.2. The van der Waals surface area contributed by atoms with Gasteiger partial charge in [0.05, 0.1) is 12.5 Å². The summed E-state index contributed by atoms with van der Waals surface area (Å²) in [4.78, 5) is 52.4. The molecule has 1 aliphatic heterocycles. The number of hydrogen-bond donors (Lipinski definition) is 3. The van der Waals surface area contributed by atoms with Gasteiger partial charge in [-0.3, -0.25) is 19.2 Å². The zero-order chi connectivity index (χ0) is 23.7. The summed E-state index contributed by atoms with van der Waals surface area (Å²) in [7, 11) is 1.61. The lowest BCUT2D eigenvalue weighted by Crippen LogP contribution is -2.55. The van der Waals surface area contributed by atoms with E-state index >= 15 is 0 Å². The number of rotatable bonds is 11. The summed E-state index contributed by atoms with van der Waals surface area (Å²) in [6, 6.07) is 7.96. The van der Waals surface area contributed by atoms with Crippen molar-refractivity contribution in [1.29, 1.82) is 0 Å². The van der Waals surface area contributed by atoms with Crippen LogP contribution in [0, 0.1) is 0 Å². The largest absolute Gasteiger partial charge is 0.481 e. The number of nitrogens with zero attached hydrogens (tertiary/aromatic N) is 2. The molecular weight excluding hydrogens is 412 g/mol. The lowest BCUT2D eigenvalue weighted by Gasteiger charge is -2.33. The van der Waals surface area contributed by atoms with Crippen molar-refractivity contribution < 1.29 is 24.3 Å². The lowest BCUT2D eigenvalue weighted by atomic mass is 10.1. The molecule has 3 N–H and O–H groups in total. The highest BCUT2D eigenvalue weighted by molar-refractivity contribution is 5.92. The van der Waals surface area contributed by atoms with E-state index in [4.69, 9.17) is 0 Å². The highest BCUT2D eigenvalue weighted by atomic mass is 16.4. The maximum atomic E-state index is 13.2. The topological polar surface area (TPSA) is 119 Å². The fraction of sp³-hybridized carbons (Fsp3) is 0.565. The molecule has 0 spiro atoms. The molecule has 1 aromatic carbocycles. The van der Waals surface area contributed by atoms with Crippen molar-refractivity contribution in [2.24, 2.45) is 0 Å². The molecule has 1 fully saturated rings. The molecule has 0 unspecified atom stereocenters. The number of benzene rings is 1. The Morgan fingerprint density at radius 2 is 1.91 bits per heavy atom. The predicted molar refractivity (Wildman–Crippen MR) is 120 cm³/mol. The fourth-order valence-electron chi connectivity index (χ4n) is 3.86. The van der Waals surface area contributed by atoms with Gasteiger partial charge in [-0.1, -0.05) is 30.3 Å². The van der Waals surface area contributed by atoms with E-state index in [1.807, 2.05) is 30.3 Å². The average Bonchev–Trinajstić information content (AvgIpc) is 3.23. The summed E-state index contributed by atoms with van der Waals surface area (Å²) in [6.07, 6.45) is 1.71. The van der Waals surface area contributed by atoms with Crippen LogP contribution in [0.3, 0.4) is 0 Å². The predicted octanol–water partition coefficient (Wildman–Crippen LogP) is 0.636.